The maximum absolute atomic E-state index is 12.5. The van der Waals surface area contributed by atoms with Crippen LogP contribution in [0, 0.1) is 0 Å². The lowest BCUT2D eigenvalue weighted by molar-refractivity contribution is -0.192. The molecular formula is C21H28F3N3O4. The number of carboxylic acids is 1. The molecule has 1 aromatic rings. The van der Waals surface area contributed by atoms with Gasteiger partial charge in [0.1, 0.15) is 0 Å². The molecule has 0 saturated heterocycles. The highest BCUT2D eigenvalue weighted by Crippen LogP contribution is 2.27. The molecule has 0 saturated carbocycles. The number of carbonyl (C=O) groups is 3. The summed E-state index contributed by atoms with van der Waals surface area (Å²) in [6.45, 7) is 4.63. The van der Waals surface area contributed by atoms with E-state index in [4.69, 9.17) is 15.6 Å². The smallest absolute Gasteiger partial charge is 0.475 e. The number of hydrogen-bond donors (Lipinski definition) is 3. The van der Waals surface area contributed by atoms with Gasteiger partial charge in [0.2, 0.25) is 5.91 Å². The number of benzene rings is 1. The summed E-state index contributed by atoms with van der Waals surface area (Å²) in [6.07, 6.45) is 1.45. The van der Waals surface area contributed by atoms with Crippen molar-refractivity contribution in [3.05, 3.63) is 42.0 Å². The molecule has 0 fully saturated rings. The van der Waals surface area contributed by atoms with Crippen LogP contribution in [0.4, 0.5) is 18.9 Å². The van der Waals surface area contributed by atoms with Crippen LogP contribution in [0.1, 0.15) is 38.7 Å². The van der Waals surface area contributed by atoms with Crippen molar-refractivity contribution in [3.63, 3.8) is 0 Å². The van der Waals surface area contributed by atoms with Gasteiger partial charge in [-0.2, -0.15) is 13.2 Å². The predicted octanol–water partition coefficient (Wildman–Crippen LogP) is 2.79. The minimum absolute atomic E-state index is 0.0462. The van der Waals surface area contributed by atoms with Crippen LogP contribution in [0.3, 0.4) is 0 Å². The quantitative estimate of drug-likeness (QED) is 0.561. The first-order valence-electron chi connectivity index (χ1n) is 9.94. The number of nitrogens with two attached hydrogens (primary N) is 1. The Balaban J connectivity index is 0.000000592. The second-order valence-electron chi connectivity index (χ2n) is 6.95. The number of carboxylic acid groups (broad SMARTS) is 1. The van der Waals surface area contributed by atoms with E-state index in [1.807, 2.05) is 32.0 Å². The maximum Gasteiger partial charge on any atom is 0.490 e. The zero-order valence-corrected chi connectivity index (χ0v) is 17.5. The Morgan fingerprint density at radius 2 is 1.87 bits per heavy atom. The van der Waals surface area contributed by atoms with Gasteiger partial charge >= 0.3 is 12.1 Å². The van der Waals surface area contributed by atoms with E-state index in [9.17, 15) is 22.8 Å². The van der Waals surface area contributed by atoms with Gasteiger partial charge in [-0.15, -0.1) is 0 Å². The van der Waals surface area contributed by atoms with Gasteiger partial charge in [-0.25, -0.2) is 4.79 Å². The van der Waals surface area contributed by atoms with E-state index in [1.54, 1.807) is 17.1 Å². The normalized spacial score (nSPS) is 15.0. The second-order valence-corrected chi connectivity index (χ2v) is 6.95. The molecule has 7 nitrogen and oxygen atoms in total. The topological polar surface area (TPSA) is 113 Å². The molecule has 0 radical (unpaired) electrons. The van der Waals surface area contributed by atoms with Crippen molar-refractivity contribution >= 4 is 23.5 Å². The molecule has 0 unspecified atom stereocenters. The van der Waals surface area contributed by atoms with E-state index in [2.05, 4.69) is 11.4 Å². The number of amides is 2. The lowest BCUT2D eigenvalue weighted by atomic mass is 10.1. The summed E-state index contributed by atoms with van der Waals surface area (Å²) in [5.74, 6) is -2.97. The van der Waals surface area contributed by atoms with Crippen LogP contribution >= 0.6 is 0 Å². The number of nitrogens with one attached hydrogen (secondary N) is 1. The molecule has 0 aliphatic carbocycles. The minimum Gasteiger partial charge on any atom is -0.475 e. The monoisotopic (exact) mass is 443 g/mol. The number of aliphatic carboxylic acids is 1. The molecule has 1 aliphatic rings. The molecule has 0 bridgehead atoms. The third-order valence-corrected chi connectivity index (χ3v) is 4.57. The fraction of sp³-hybridized carbons (Fsp3) is 0.476. The van der Waals surface area contributed by atoms with Crippen LogP contribution < -0.4 is 16.0 Å². The van der Waals surface area contributed by atoms with Gasteiger partial charge in [-0.05, 0) is 30.9 Å². The first kappa shape index (κ1) is 26.2. The molecule has 2 rings (SSSR count). The van der Waals surface area contributed by atoms with Gasteiger partial charge in [0.05, 0.1) is 6.04 Å². The standard InChI is InChI=1S/C19H27N3O2.C2HF3O2/c1-3-7-15(21-19(24)16(20)4-2)10-11-18(23)22-13-12-14-8-5-6-9-17(14)22;3-2(4,5)1(6)7/h5-6,8-11,15-16H,3-4,7,12-13,20H2,1-2H3,(H,21,24);(H,6,7)/t15-,16-;/m0./s1. The number of rotatable bonds is 7. The lowest BCUT2D eigenvalue weighted by Gasteiger charge is -2.18. The van der Waals surface area contributed by atoms with E-state index >= 15 is 0 Å². The van der Waals surface area contributed by atoms with Crippen LogP contribution in [0.25, 0.3) is 0 Å². The summed E-state index contributed by atoms with van der Waals surface area (Å²) in [6, 6.07) is 7.30. The van der Waals surface area contributed by atoms with Gasteiger partial charge in [-0.3, -0.25) is 9.59 Å². The largest absolute Gasteiger partial charge is 0.490 e. The molecule has 4 N–H and O–H groups in total. The Kier molecular flexibility index (Phi) is 10.2. The van der Waals surface area contributed by atoms with Gasteiger partial charge in [0, 0.05) is 24.4 Å². The number of anilines is 1. The number of fused-ring (bicyclic) bond motifs is 1. The Labute approximate surface area is 179 Å². The zero-order valence-electron chi connectivity index (χ0n) is 17.5. The summed E-state index contributed by atoms with van der Waals surface area (Å²) in [4.78, 5) is 35.1. The molecule has 31 heavy (non-hydrogen) atoms. The average molecular weight is 443 g/mol. The van der Waals surface area contributed by atoms with Gasteiger partial charge in [0.25, 0.3) is 5.91 Å². The van der Waals surface area contributed by atoms with Crippen molar-refractivity contribution in [2.75, 3.05) is 11.4 Å². The van der Waals surface area contributed by atoms with E-state index in [-0.39, 0.29) is 17.9 Å². The Morgan fingerprint density at radius 1 is 1.26 bits per heavy atom. The first-order chi connectivity index (χ1) is 14.5. The maximum atomic E-state index is 12.5. The number of alkyl halides is 3. The van der Waals surface area contributed by atoms with Crippen LogP contribution in [-0.2, 0) is 20.8 Å². The van der Waals surface area contributed by atoms with Crippen molar-refractivity contribution in [1.29, 1.82) is 0 Å². The average Bonchev–Trinajstić information content (AvgIpc) is 3.15. The highest BCUT2D eigenvalue weighted by Gasteiger charge is 2.38. The number of hydrogen-bond acceptors (Lipinski definition) is 4. The SMILES string of the molecule is CCC[C@@H](C=CC(=O)N1CCc2ccccc21)NC(=O)[C@@H](N)CC.O=C(O)C(F)(F)F. The predicted molar refractivity (Wildman–Crippen MR) is 110 cm³/mol. The molecule has 10 heteroatoms. The fourth-order valence-corrected chi connectivity index (χ4v) is 2.86. The summed E-state index contributed by atoms with van der Waals surface area (Å²) in [5.41, 5.74) is 7.94. The van der Waals surface area contributed by atoms with E-state index in [1.165, 1.54) is 5.56 Å². The molecule has 1 aliphatic heterocycles. The number of nitrogens with zero attached hydrogens (tertiary/aromatic N) is 1. The molecule has 0 spiro atoms. The van der Waals surface area contributed by atoms with Crippen molar-refractivity contribution in [3.8, 4) is 0 Å². The van der Waals surface area contributed by atoms with Crippen LogP contribution in [0.5, 0.6) is 0 Å². The summed E-state index contributed by atoms with van der Waals surface area (Å²) in [5, 5.41) is 10.0. The molecular weight excluding hydrogens is 415 g/mol. The Morgan fingerprint density at radius 3 is 2.42 bits per heavy atom. The molecule has 2 atom stereocenters. The summed E-state index contributed by atoms with van der Waals surface area (Å²) in [7, 11) is 0. The second kappa shape index (κ2) is 12.1. The highest BCUT2D eigenvalue weighted by molar-refractivity contribution is 6.03. The molecule has 2 amide bonds. The zero-order chi connectivity index (χ0) is 23.6. The van der Waals surface area contributed by atoms with Crippen LogP contribution in [0.2, 0.25) is 0 Å². The Bertz CT molecular complexity index is 796. The molecule has 1 aromatic carbocycles. The van der Waals surface area contributed by atoms with Crippen molar-refractivity contribution in [2.24, 2.45) is 5.73 Å². The van der Waals surface area contributed by atoms with Crippen LogP contribution in [-0.4, -0.2) is 47.7 Å². The minimum atomic E-state index is -5.08. The van der Waals surface area contributed by atoms with Crippen molar-refractivity contribution in [2.45, 2.75) is 57.8 Å². The molecule has 1 heterocycles. The summed E-state index contributed by atoms with van der Waals surface area (Å²) < 4.78 is 31.7. The third kappa shape index (κ3) is 8.41. The Hall–Kier alpha value is -2.88. The first-order valence-corrected chi connectivity index (χ1v) is 9.94. The number of halogens is 3. The lowest BCUT2D eigenvalue weighted by Crippen LogP contribution is -2.44. The highest BCUT2D eigenvalue weighted by atomic mass is 19.4. The third-order valence-electron chi connectivity index (χ3n) is 4.57. The van der Waals surface area contributed by atoms with E-state index in [0.717, 1.165) is 24.9 Å². The van der Waals surface area contributed by atoms with Crippen LogP contribution in [0.15, 0.2) is 36.4 Å². The molecule has 172 valence electrons. The van der Waals surface area contributed by atoms with Gasteiger partial charge in [0.15, 0.2) is 0 Å². The van der Waals surface area contributed by atoms with Crippen molar-refractivity contribution < 1.29 is 32.7 Å². The van der Waals surface area contributed by atoms with Gasteiger partial charge in [-0.1, -0.05) is 44.5 Å². The van der Waals surface area contributed by atoms with Crippen molar-refractivity contribution in [1.82, 2.24) is 5.32 Å². The molecule has 0 aromatic heterocycles. The van der Waals surface area contributed by atoms with E-state index in [0.29, 0.717) is 13.0 Å². The fourth-order valence-electron chi connectivity index (χ4n) is 2.86. The number of carbonyl (C=O) groups excluding carboxylic acids is 2. The van der Waals surface area contributed by atoms with Gasteiger partial charge < -0.3 is 21.1 Å². The number of para-hydroxylation sites is 1. The van der Waals surface area contributed by atoms with E-state index < -0.39 is 18.2 Å². The summed E-state index contributed by atoms with van der Waals surface area (Å²) >= 11 is 0.